The van der Waals surface area contributed by atoms with E-state index in [9.17, 15) is 18.0 Å². The predicted molar refractivity (Wildman–Crippen MR) is 113 cm³/mol. The van der Waals surface area contributed by atoms with Gasteiger partial charge >= 0.3 is 5.76 Å². The van der Waals surface area contributed by atoms with Gasteiger partial charge in [0.1, 0.15) is 0 Å². The number of carbonyl (C=O) groups is 1. The van der Waals surface area contributed by atoms with E-state index in [2.05, 4.69) is 10.3 Å². The highest BCUT2D eigenvalue weighted by molar-refractivity contribution is 7.89. The summed E-state index contributed by atoms with van der Waals surface area (Å²) in [5.74, 6) is 0.00930. The van der Waals surface area contributed by atoms with E-state index < -0.39 is 21.7 Å². The van der Waals surface area contributed by atoms with Crippen LogP contribution in [0.15, 0.2) is 50.5 Å². The topological polar surface area (TPSA) is 131 Å². The Morgan fingerprint density at radius 1 is 1.16 bits per heavy atom. The Morgan fingerprint density at radius 3 is 2.88 bits per heavy atom. The Morgan fingerprint density at radius 2 is 2.00 bits per heavy atom. The molecular formula is C21H21N3O7S. The average Bonchev–Trinajstić information content (AvgIpc) is 3.41. The number of aromatic amines is 1. The van der Waals surface area contributed by atoms with Gasteiger partial charge in [0, 0.05) is 25.7 Å². The molecule has 0 saturated carbocycles. The van der Waals surface area contributed by atoms with Crippen LogP contribution in [0, 0.1) is 5.92 Å². The number of amides is 1. The number of rotatable bonds is 5. The van der Waals surface area contributed by atoms with E-state index in [1.165, 1.54) is 22.5 Å². The maximum atomic E-state index is 13.1. The summed E-state index contributed by atoms with van der Waals surface area (Å²) in [5.41, 5.74) is 1.46. The molecule has 168 valence electrons. The molecule has 1 amide bonds. The fourth-order valence-corrected chi connectivity index (χ4v) is 5.53. The van der Waals surface area contributed by atoms with Gasteiger partial charge in [-0.3, -0.25) is 9.78 Å². The van der Waals surface area contributed by atoms with E-state index >= 15 is 0 Å². The van der Waals surface area contributed by atoms with Crippen LogP contribution >= 0.6 is 0 Å². The highest BCUT2D eigenvalue weighted by Gasteiger charge is 2.33. The van der Waals surface area contributed by atoms with Crippen molar-refractivity contribution in [3.05, 3.63) is 52.5 Å². The lowest BCUT2D eigenvalue weighted by Gasteiger charge is -2.31. The number of nitrogens with one attached hydrogen (secondary N) is 2. The smallest absolute Gasteiger partial charge is 0.417 e. The first-order chi connectivity index (χ1) is 15.4. The van der Waals surface area contributed by atoms with Gasteiger partial charge in [-0.15, -0.1) is 0 Å². The molecule has 0 bridgehead atoms. The summed E-state index contributed by atoms with van der Waals surface area (Å²) in [6.07, 6.45) is 1.17. The molecule has 5 rings (SSSR count). The van der Waals surface area contributed by atoms with E-state index in [1.807, 2.05) is 12.1 Å². The first-order valence-corrected chi connectivity index (χ1v) is 11.6. The fraction of sp³-hybridized carbons (Fsp3) is 0.333. The molecule has 1 fully saturated rings. The number of oxazole rings is 1. The third-order valence-electron chi connectivity index (χ3n) is 5.69. The number of ether oxygens (including phenoxy) is 2. The van der Waals surface area contributed by atoms with Crippen molar-refractivity contribution >= 4 is 27.0 Å². The van der Waals surface area contributed by atoms with Gasteiger partial charge in [0.15, 0.2) is 17.1 Å². The molecule has 1 atom stereocenters. The van der Waals surface area contributed by atoms with Gasteiger partial charge in [-0.1, -0.05) is 6.07 Å². The predicted octanol–water partition coefficient (Wildman–Crippen LogP) is 1.57. The molecule has 0 spiro atoms. The lowest BCUT2D eigenvalue weighted by molar-refractivity contribution is -0.126. The number of hydrogen-bond acceptors (Lipinski definition) is 7. The van der Waals surface area contributed by atoms with Crippen molar-refractivity contribution in [3.8, 4) is 11.5 Å². The Hall–Kier alpha value is -3.31. The molecule has 1 aromatic heterocycles. The molecular weight excluding hydrogens is 438 g/mol. The van der Waals surface area contributed by atoms with E-state index in [-0.39, 0.29) is 29.7 Å². The van der Waals surface area contributed by atoms with Crippen LogP contribution < -0.4 is 20.5 Å². The van der Waals surface area contributed by atoms with Crippen LogP contribution in [0.2, 0.25) is 0 Å². The molecule has 11 heteroatoms. The Bertz CT molecular complexity index is 1340. The minimum absolute atomic E-state index is 0.0224. The van der Waals surface area contributed by atoms with Crippen molar-refractivity contribution in [2.24, 2.45) is 5.92 Å². The largest absolute Gasteiger partial charge is 0.454 e. The molecule has 2 aliphatic rings. The number of H-pyrrole nitrogens is 1. The van der Waals surface area contributed by atoms with Gasteiger partial charge in [0.05, 0.1) is 16.3 Å². The van der Waals surface area contributed by atoms with Crippen LogP contribution in [0.4, 0.5) is 0 Å². The number of carbonyl (C=O) groups excluding carboxylic acids is 1. The van der Waals surface area contributed by atoms with Crippen LogP contribution in [0.3, 0.4) is 0 Å². The highest BCUT2D eigenvalue weighted by Crippen LogP contribution is 2.32. The zero-order valence-electron chi connectivity index (χ0n) is 17.0. The molecule has 1 unspecified atom stereocenters. The lowest BCUT2D eigenvalue weighted by atomic mass is 9.98. The third kappa shape index (κ3) is 3.84. The lowest BCUT2D eigenvalue weighted by Crippen LogP contribution is -2.45. The van der Waals surface area contributed by atoms with E-state index in [0.717, 1.165) is 5.56 Å². The molecule has 3 heterocycles. The third-order valence-corrected chi connectivity index (χ3v) is 7.55. The van der Waals surface area contributed by atoms with Gasteiger partial charge in [0.25, 0.3) is 0 Å². The normalized spacial score (nSPS) is 18.7. The number of piperidine rings is 1. The Labute approximate surface area is 183 Å². The van der Waals surface area contributed by atoms with Crippen molar-refractivity contribution in [3.63, 3.8) is 0 Å². The van der Waals surface area contributed by atoms with E-state index in [0.29, 0.717) is 42.9 Å². The summed E-state index contributed by atoms with van der Waals surface area (Å²) in [6, 6.07) is 9.70. The maximum Gasteiger partial charge on any atom is 0.417 e. The quantitative estimate of drug-likeness (QED) is 0.592. The number of sulfonamides is 1. The van der Waals surface area contributed by atoms with E-state index in [1.54, 1.807) is 6.07 Å². The second kappa shape index (κ2) is 7.99. The zero-order valence-corrected chi connectivity index (χ0v) is 17.8. The summed E-state index contributed by atoms with van der Waals surface area (Å²) in [4.78, 5) is 26.6. The average molecular weight is 459 g/mol. The van der Waals surface area contributed by atoms with E-state index in [4.69, 9.17) is 13.9 Å². The molecule has 10 nitrogen and oxygen atoms in total. The Balaban J connectivity index is 1.26. The Kier molecular flexibility index (Phi) is 5.14. The van der Waals surface area contributed by atoms with Crippen LogP contribution in [0.25, 0.3) is 11.1 Å². The van der Waals surface area contributed by atoms with Crippen LogP contribution in [0.1, 0.15) is 18.4 Å². The molecule has 0 aliphatic carbocycles. The fourth-order valence-electron chi connectivity index (χ4n) is 3.99. The van der Waals surface area contributed by atoms with Gasteiger partial charge < -0.3 is 19.2 Å². The SMILES string of the molecule is O=C(NCc1ccc2c(c1)OCO2)C1CCCN(S(=O)(=O)c2ccc3[nH]c(=O)oc3c2)C1. The maximum absolute atomic E-state index is 13.1. The first kappa shape index (κ1) is 20.6. The standard InChI is InChI=1S/C21H21N3O7S/c25-20(22-10-13-3-6-17-19(8-13)30-12-29-17)14-2-1-7-24(11-14)32(27,28)15-4-5-16-18(9-15)31-21(26)23-16/h3-6,8-9,14H,1-2,7,10-12H2,(H,22,25)(H,23,26). The molecule has 2 N–H and O–H groups in total. The van der Waals surface area contributed by atoms with Crippen LogP contribution in [0.5, 0.6) is 11.5 Å². The molecule has 2 aromatic carbocycles. The monoisotopic (exact) mass is 459 g/mol. The van der Waals surface area contributed by atoms with Crippen molar-refractivity contribution in [1.82, 2.24) is 14.6 Å². The summed E-state index contributed by atoms with van der Waals surface area (Å²) in [5, 5.41) is 2.89. The molecule has 1 saturated heterocycles. The number of nitrogens with zero attached hydrogens (tertiary/aromatic N) is 1. The second-order valence-corrected chi connectivity index (χ2v) is 9.72. The summed E-state index contributed by atoms with van der Waals surface area (Å²) < 4.78 is 43.2. The minimum Gasteiger partial charge on any atom is -0.454 e. The van der Waals surface area contributed by atoms with Crippen LogP contribution in [-0.2, 0) is 21.4 Å². The first-order valence-electron chi connectivity index (χ1n) is 10.2. The van der Waals surface area contributed by atoms with Gasteiger partial charge in [-0.05, 0) is 42.7 Å². The molecule has 32 heavy (non-hydrogen) atoms. The highest BCUT2D eigenvalue weighted by atomic mass is 32.2. The van der Waals surface area contributed by atoms with Crippen molar-refractivity contribution in [2.45, 2.75) is 24.3 Å². The van der Waals surface area contributed by atoms with Gasteiger partial charge in [-0.25, -0.2) is 13.2 Å². The minimum atomic E-state index is -3.84. The van der Waals surface area contributed by atoms with Gasteiger partial charge in [0.2, 0.25) is 22.7 Å². The molecule has 0 radical (unpaired) electrons. The molecule has 2 aliphatic heterocycles. The number of aromatic nitrogens is 1. The van der Waals surface area contributed by atoms with Gasteiger partial charge in [-0.2, -0.15) is 4.31 Å². The number of benzene rings is 2. The van der Waals surface area contributed by atoms with Crippen molar-refractivity contribution in [2.75, 3.05) is 19.9 Å². The summed E-state index contributed by atoms with van der Waals surface area (Å²) in [7, 11) is -3.84. The summed E-state index contributed by atoms with van der Waals surface area (Å²) in [6.45, 7) is 0.899. The zero-order chi connectivity index (χ0) is 22.3. The van der Waals surface area contributed by atoms with Crippen molar-refractivity contribution < 1.29 is 27.1 Å². The second-order valence-electron chi connectivity index (χ2n) is 7.78. The molecule has 3 aromatic rings. The summed E-state index contributed by atoms with van der Waals surface area (Å²) >= 11 is 0. The van der Waals surface area contributed by atoms with Crippen molar-refractivity contribution in [1.29, 1.82) is 0 Å². The number of hydrogen-bond donors (Lipinski definition) is 2. The van der Waals surface area contributed by atoms with Crippen LogP contribution in [-0.4, -0.2) is 43.5 Å². The number of fused-ring (bicyclic) bond motifs is 2.